The molecule has 0 bridgehead atoms. The Hall–Kier alpha value is -0.910. The Bertz CT molecular complexity index is 221. The van der Waals surface area contributed by atoms with Crippen molar-refractivity contribution in [2.45, 2.75) is 38.7 Å². The van der Waals surface area contributed by atoms with Gasteiger partial charge < -0.3 is 19.7 Å². The summed E-state index contributed by atoms with van der Waals surface area (Å²) in [6.07, 6.45) is 3.73. The van der Waals surface area contributed by atoms with E-state index in [0.29, 0.717) is 13.2 Å². The fourth-order valence-corrected chi connectivity index (χ4v) is 1.17. The van der Waals surface area contributed by atoms with Crippen molar-refractivity contribution in [3.63, 3.8) is 0 Å². The number of carboxylic acids is 1. The third kappa shape index (κ3) is 8.85. The van der Waals surface area contributed by atoms with Crippen LogP contribution in [0.3, 0.4) is 0 Å². The van der Waals surface area contributed by atoms with E-state index in [4.69, 9.17) is 19.7 Å². The fourth-order valence-electron chi connectivity index (χ4n) is 1.17. The van der Waals surface area contributed by atoms with Gasteiger partial charge in [0, 0.05) is 12.2 Å². The van der Waals surface area contributed by atoms with Gasteiger partial charge in [-0.1, -0.05) is 13.5 Å². The predicted molar refractivity (Wildman–Crippen MR) is 63.7 cm³/mol. The number of carboxylic acid groups (broad SMARTS) is 1. The van der Waals surface area contributed by atoms with Gasteiger partial charge in [0.05, 0.1) is 12.7 Å². The van der Waals surface area contributed by atoms with Crippen molar-refractivity contribution in [1.82, 2.24) is 0 Å². The van der Waals surface area contributed by atoms with E-state index in [1.54, 1.807) is 6.92 Å². The average Bonchev–Trinajstić information content (AvgIpc) is 2.82. The lowest BCUT2D eigenvalue weighted by molar-refractivity contribution is -0.132. The molecule has 1 rings (SSSR count). The zero-order chi connectivity index (χ0) is 13.1. The highest BCUT2D eigenvalue weighted by atomic mass is 16.7. The van der Waals surface area contributed by atoms with Gasteiger partial charge in [-0.2, -0.15) is 0 Å². The first-order valence-corrected chi connectivity index (χ1v) is 5.83. The molecule has 0 aromatic carbocycles. The van der Waals surface area contributed by atoms with Gasteiger partial charge in [0.15, 0.2) is 0 Å². The molecule has 2 N–H and O–H groups in total. The summed E-state index contributed by atoms with van der Waals surface area (Å²) < 4.78 is 10.2. The maximum Gasteiger partial charge on any atom is 0.330 e. The molecule has 1 aliphatic rings. The number of aliphatic hydroxyl groups excluding tert-OH is 1. The topological polar surface area (TPSA) is 76.0 Å². The molecule has 0 amide bonds. The van der Waals surface area contributed by atoms with Crippen LogP contribution in [0, 0.1) is 0 Å². The Kier molecular flexibility index (Phi) is 9.71. The predicted octanol–water partition coefficient (Wildman–Crippen LogP) is 1.56. The number of carbonyl (C=O) groups is 1. The van der Waals surface area contributed by atoms with E-state index in [1.807, 2.05) is 0 Å². The van der Waals surface area contributed by atoms with Crippen molar-refractivity contribution in [3.05, 3.63) is 12.2 Å². The van der Waals surface area contributed by atoms with Crippen molar-refractivity contribution in [2.24, 2.45) is 0 Å². The van der Waals surface area contributed by atoms with Crippen molar-refractivity contribution in [3.8, 4) is 0 Å². The number of rotatable bonds is 6. The monoisotopic (exact) mass is 246 g/mol. The second-order valence-electron chi connectivity index (χ2n) is 3.76. The SMILES string of the molecule is C=C(CC)C(=O)O.OCCCCC1COCO1. The van der Waals surface area contributed by atoms with Crippen LogP contribution in [0.1, 0.15) is 32.6 Å². The third-order valence-electron chi connectivity index (χ3n) is 2.35. The number of aliphatic carboxylic acids is 1. The summed E-state index contributed by atoms with van der Waals surface area (Å²) in [6.45, 7) is 6.49. The molecule has 0 radical (unpaired) electrons. The first kappa shape index (κ1) is 16.1. The summed E-state index contributed by atoms with van der Waals surface area (Å²) in [4.78, 5) is 9.83. The van der Waals surface area contributed by atoms with Crippen LogP contribution < -0.4 is 0 Å². The maximum atomic E-state index is 9.83. The molecular weight excluding hydrogens is 224 g/mol. The van der Waals surface area contributed by atoms with Crippen LogP contribution in [0.5, 0.6) is 0 Å². The van der Waals surface area contributed by atoms with Gasteiger partial charge in [-0.15, -0.1) is 0 Å². The Labute approximate surface area is 102 Å². The van der Waals surface area contributed by atoms with Crippen LogP contribution in [0.15, 0.2) is 12.2 Å². The molecule has 0 aliphatic carbocycles. The second-order valence-corrected chi connectivity index (χ2v) is 3.76. The van der Waals surface area contributed by atoms with E-state index < -0.39 is 5.97 Å². The van der Waals surface area contributed by atoms with Gasteiger partial charge >= 0.3 is 5.97 Å². The van der Waals surface area contributed by atoms with E-state index in [2.05, 4.69) is 6.58 Å². The molecule has 0 aromatic rings. The minimum absolute atomic E-state index is 0.264. The summed E-state index contributed by atoms with van der Waals surface area (Å²) in [7, 11) is 0. The molecule has 0 aromatic heterocycles. The van der Waals surface area contributed by atoms with E-state index in [0.717, 1.165) is 25.9 Å². The van der Waals surface area contributed by atoms with Crippen LogP contribution in [0.4, 0.5) is 0 Å². The third-order valence-corrected chi connectivity index (χ3v) is 2.35. The zero-order valence-corrected chi connectivity index (χ0v) is 10.4. The molecule has 0 spiro atoms. The summed E-state index contributed by atoms with van der Waals surface area (Å²) in [5, 5.41) is 16.6. The van der Waals surface area contributed by atoms with E-state index in [-0.39, 0.29) is 18.3 Å². The van der Waals surface area contributed by atoms with Crippen LogP contribution in [0.25, 0.3) is 0 Å². The fraction of sp³-hybridized carbons (Fsp3) is 0.750. The molecule has 1 unspecified atom stereocenters. The van der Waals surface area contributed by atoms with Crippen molar-refractivity contribution in [1.29, 1.82) is 0 Å². The largest absolute Gasteiger partial charge is 0.478 e. The summed E-state index contributed by atoms with van der Waals surface area (Å²) in [6, 6.07) is 0. The average molecular weight is 246 g/mol. The molecular formula is C12H22O5. The molecule has 0 saturated carbocycles. The molecule has 1 saturated heterocycles. The second kappa shape index (κ2) is 10.3. The van der Waals surface area contributed by atoms with E-state index in [9.17, 15) is 4.79 Å². The highest BCUT2D eigenvalue weighted by Gasteiger charge is 2.14. The summed E-state index contributed by atoms with van der Waals surface area (Å²) in [5.74, 6) is -0.900. The number of unbranched alkanes of at least 4 members (excludes halogenated alkanes) is 1. The van der Waals surface area contributed by atoms with E-state index >= 15 is 0 Å². The molecule has 1 aliphatic heterocycles. The van der Waals surface area contributed by atoms with Gasteiger partial charge in [-0.25, -0.2) is 4.79 Å². The van der Waals surface area contributed by atoms with Crippen LogP contribution in [0.2, 0.25) is 0 Å². The molecule has 100 valence electrons. The highest BCUT2D eigenvalue weighted by molar-refractivity contribution is 5.85. The van der Waals surface area contributed by atoms with Crippen LogP contribution in [-0.2, 0) is 14.3 Å². The molecule has 17 heavy (non-hydrogen) atoms. The first-order chi connectivity index (χ1) is 8.11. The van der Waals surface area contributed by atoms with E-state index in [1.165, 1.54) is 0 Å². The minimum atomic E-state index is -0.900. The van der Waals surface area contributed by atoms with Crippen molar-refractivity contribution < 1.29 is 24.5 Å². The van der Waals surface area contributed by atoms with Crippen LogP contribution >= 0.6 is 0 Å². The van der Waals surface area contributed by atoms with Gasteiger partial charge in [0.25, 0.3) is 0 Å². The van der Waals surface area contributed by atoms with Gasteiger partial charge in [0.2, 0.25) is 0 Å². The van der Waals surface area contributed by atoms with Crippen molar-refractivity contribution >= 4 is 5.97 Å². The summed E-state index contributed by atoms with van der Waals surface area (Å²) in [5.41, 5.74) is 0.264. The molecule has 5 nitrogen and oxygen atoms in total. The van der Waals surface area contributed by atoms with Gasteiger partial charge in [-0.3, -0.25) is 0 Å². The normalized spacial score (nSPS) is 18.4. The lowest BCUT2D eigenvalue weighted by atomic mass is 10.2. The standard InChI is InChI=1S/C7H14O3.C5H8O2/c8-4-2-1-3-7-5-9-6-10-7;1-3-4(2)5(6)7/h7-8H,1-6H2;2-3H2,1H3,(H,6,7). The maximum absolute atomic E-state index is 9.83. The Morgan fingerprint density at radius 2 is 2.18 bits per heavy atom. The minimum Gasteiger partial charge on any atom is -0.478 e. The van der Waals surface area contributed by atoms with Crippen molar-refractivity contribution in [2.75, 3.05) is 20.0 Å². The quantitative estimate of drug-likeness (QED) is 0.549. The van der Waals surface area contributed by atoms with Crippen LogP contribution in [-0.4, -0.2) is 42.3 Å². The molecule has 1 heterocycles. The highest BCUT2D eigenvalue weighted by Crippen LogP contribution is 2.10. The zero-order valence-electron chi connectivity index (χ0n) is 10.4. The lowest BCUT2D eigenvalue weighted by Gasteiger charge is -2.04. The molecule has 1 atom stereocenters. The molecule has 5 heteroatoms. The Morgan fingerprint density at radius 1 is 1.47 bits per heavy atom. The first-order valence-electron chi connectivity index (χ1n) is 5.83. The van der Waals surface area contributed by atoms with Gasteiger partial charge in [-0.05, 0) is 25.7 Å². The summed E-state index contributed by atoms with van der Waals surface area (Å²) >= 11 is 0. The number of hydrogen-bond acceptors (Lipinski definition) is 4. The molecule has 1 fully saturated rings. The number of hydrogen-bond donors (Lipinski definition) is 2. The number of ether oxygens (including phenoxy) is 2. The van der Waals surface area contributed by atoms with Gasteiger partial charge in [0.1, 0.15) is 6.79 Å². The Morgan fingerprint density at radius 3 is 2.53 bits per heavy atom. The Balaban J connectivity index is 0.000000325. The number of aliphatic hydroxyl groups is 1. The lowest BCUT2D eigenvalue weighted by Crippen LogP contribution is -2.08. The smallest absolute Gasteiger partial charge is 0.330 e.